The zero-order chi connectivity index (χ0) is 16.7. The number of carbonyl (C=O) groups is 1. The van der Waals surface area contributed by atoms with Crippen molar-refractivity contribution in [1.29, 1.82) is 0 Å². The van der Waals surface area contributed by atoms with Gasteiger partial charge >= 0.3 is 24.8 Å². The molecule has 3 aromatic carbocycles. The number of fused-ring (bicyclic) bond motifs is 2. The van der Waals surface area contributed by atoms with Crippen LogP contribution in [-0.2, 0) is 0 Å². The molecule has 118 valence electrons. The zero-order valence-corrected chi connectivity index (χ0v) is 14.7. The molecule has 0 spiro atoms. The van der Waals surface area contributed by atoms with Crippen molar-refractivity contribution >= 4 is 69.1 Å². The van der Waals surface area contributed by atoms with E-state index < -0.39 is 5.97 Å². The van der Waals surface area contributed by atoms with E-state index in [1.807, 2.05) is 30.3 Å². The molecule has 0 saturated heterocycles. The Morgan fingerprint density at radius 3 is 2.44 bits per heavy atom. The van der Waals surface area contributed by atoms with Gasteiger partial charge < -0.3 is 5.11 Å². The number of halogens is 1. The van der Waals surface area contributed by atoms with Crippen LogP contribution in [0.3, 0.4) is 0 Å². The van der Waals surface area contributed by atoms with Gasteiger partial charge in [-0.3, -0.25) is 0 Å². The third-order valence-electron chi connectivity index (χ3n) is 4.06. The molecule has 0 amide bonds. The minimum atomic E-state index is -1.01. The Kier molecular flexibility index (Phi) is 5.14. The monoisotopic (exact) mass is 433 g/mol. The van der Waals surface area contributed by atoms with Crippen LogP contribution >= 0.6 is 22.6 Å². The van der Waals surface area contributed by atoms with Gasteiger partial charge in [-0.05, 0) is 57.1 Å². The molecule has 0 atom stereocenters. The van der Waals surface area contributed by atoms with Gasteiger partial charge in [0.15, 0.2) is 0 Å². The molecule has 1 aromatic heterocycles. The van der Waals surface area contributed by atoms with Gasteiger partial charge in [-0.1, -0.05) is 48.5 Å². The number of hydrogen-bond donors (Lipinski definition) is 1. The molecule has 0 aliphatic carbocycles. The van der Waals surface area contributed by atoms with Crippen LogP contribution in [0.4, 0.5) is 0 Å². The Bertz CT molecular complexity index is 1110. The number of carboxylic acid groups (broad SMARTS) is 1. The van der Waals surface area contributed by atoms with Crippen LogP contribution in [0.25, 0.3) is 32.8 Å². The van der Waals surface area contributed by atoms with E-state index in [1.54, 1.807) is 6.07 Å². The van der Waals surface area contributed by atoms with E-state index in [2.05, 4.69) is 57.9 Å². The molecule has 3 nitrogen and oxygen atoms in total. The third-order valence-corrected chi connectivity index (χ3v) is 4.68. The molecule has 0 saturated carbocycles. The van der Waals surface area contributed by atoms with Crippen molar-refractivity contribution in [2.45, 2.75) is 0 Å². The molecule has 0 radical (unpaired) electrons. The van der Waals surface area contributed by atoms with Gasteiger partial charge in [0.1, 0.15) is 5.69 Å². The van der Waals surface area contributed by atoms with E-state index in [0.29, 0.717) is 5.52 Å². The summed E-state index contributed by atoms with van der Waals surface area (Å²) in [7, 11) is 0. The molecule has 1 heterocycles. The molecular formula is C20H13ILiNO2. The molecule has 4 rings (SSSR count). The van der Waals surface area contributed by atoms with Crippen molar-refractivity contribution in [1.82, 2.24) is 4.98 Å². The summed E-state index contributed by atoms with van der Waals surface area (Å²) >= 11 is 2.28. The van der Waals surface area contributed by atoms with Crippen LogP contribution < -0.4 is 0 Å². The first kappa shape index (κ1) is 17.9. The maximum atomic E-state index is 11.3. The van der Waals surface area contributed by atoms with Crippen molar-refractivity contribution in [3.8, 4) is 11.1 Å². The molecule has 5 heteroatoms. The van der Waals surface area contributed by atoms with Crippen molar-refractivity contribution in [2.75, 3.05) is 0 Å². The number of carboxylic acids is 1. The van der Waals surface area contributed by atoms with E-state index in [0.717, 1.165) is 30.9 Å². The van der Waals surface area contributed by atoms with Crippen LogP contribution in [-0.4, -0.2) is 34.9 Å². The van der Waals surface area contributed by atoms with Crippen LogP contribution in [0.5, 0.6) is 0 Å². The first-order valence-electron chi connectivity index (χ1n) is 7.45. The van der Waals surface area contributed by atoms with Crippen molar-refractivity contribution in [3.63, 3.8) is 0 Å². The van der Waals surface area contributed by atoms with E-state index in [4.69, 9.17) is 0 Å². The van der Waals surface area contributed by atoms with Gasteiger partial charge in [0.05, 0.1) is 5.52 Å². The summed E-state index contributed by atoms with van der Waals surface area (Å²) < 4.78 is 1.09. The second-order valence-electron chi connectivity index (χ2n) is 5.55. The fourth-order valence-electron chi connectivity index (χ4n) is 2.98. The fourth-order valence-corrected chi connectivity index (χ4v) is 3.63. The average Bonchev–Trinajstić information content (AvgIpc) is 2.60. The molecule has 1 N–H and O–H groups in total. The number of hydrogen-bond acceptors (Lipinski definition) is 2. The Morgan fingerprint density at radius 2 is 1.64 bits per heavy atom. The first-order chi connectivity index (χ1) is 11.6. The van der Waals surface area contributed by atoms with Gasteiger partial charge in [-0.2, -0.15) is 0 Å². The summed E-state index contributed by atoms with van der Waals surface area (Å²) in [6.07, 6.45) is 0. The number of benzene rings is 3. The Morgan fingerprint density at radius 1 is 0.880 bits per heavy atom. The van der Waals surface area contributed by atoms with Gasteiger partial charge in [-0.25, -0.2) is 9.78 Å². The molecular weight excluding hydrogens is 420 g/mol. The minimum absolute atomic E-state index is 0. The summed E-state index contributed by atoms with van der Waals surface area (Å²) in [5.74, 6) is -1.01. The third kappa shape index (κ3) is 3.30. The predicted molar refractivity (Wildman–Crippen MR) is 112 cm³/mol. The Hall–Kier alpha value is -1.87. The standard InChI is InChI=1S/C20H12INO2.Li.H/c21-14-10-13-8-9-18(20(23)24)22-19(13)17(11-14)16-7-3-5-12-4-1-2-6-15(12)16;;/h1-11H,(H,23,24);;. The van der Waals surface area contributed by atoms with Crippen molar-refractivity contribution in [3.05, 3.63) is 76.0 Å². The van der Waals surface area contributed by atoms with E-state index in [1.165, 1.54) is 0 Å². The Labute approximate surface area is 170 Å². The summed E-state index contributed by atoms with van der Waals surface area (Å²) in [6, 6.07) is 21.8. The van der Waals surface area contributed by atoms with Crippen LogP contribution in [0.15, 0.2) is 66.7 Å². The van der Waals surface area contributed by atoms with Crippen molar-refractivity contribution < 1.29 is 9.90 Å². The van der Waals surface area contributed by atoms with Crippen LogP contribution in [0.2, 0.25) is 0 Å². The topological polar surface area (TPSA) is 50.2 Å². The summed E-state index contributed by atoms with van der Waals surface area (Å²) in [6.45, 7) is 0. The number of nitrogens with zero attached hydrogens (tertiary/aromatic N) is 1. The quantitative estimate of drug-likeness (QED) is 0.368. The van der Waals surface area contributed by atoms with Gasteiger partial charge in [0.2, 0.25) is 0 Å². The number of pyridine rings is 1. The van der Waals surface area contributed by atoms with Gasteiger partial charge in [0, 0.05) is 14.5 Å². The summed E-state index contributed by atoms with van der Waals surface area (Å²) in [4.78, 5) is 15.7. The van der Waals surface area contributed by atoms with Crippen molar-refractivity contribution in [2.24, 2.45) is 0 Å². The van der Waals surface area contributed by atoms with Gasteiger partial charge in [0.25, 0.3) is 0 Å². The van der Waals surface area contributed by atoms with Gasteiger partial charge in [-0.15, -0.1) is 0 Å². The molecule has 0 aliphatic heterocycles. The molecule has 0 unspecified atom stereocenters. The number of aromatic nitrogens is 1. The van der Waals surface area contributed by atoms with E-state index in [9.17, 15) is 9.90 Å². The average molecular weight is 433 g/mol. The maximum absolute atomic E-state index is 11.3. The SMILES string of the molecule is O=C(O)c1ccc2cc(I)cc(-c3cccc4ccccc34)c2n1.[LiH]. The first-order valence-corrected chi connectivity index (χ1v) is 8.53. The molecule has 0 aliphatic rings. The second-order valence-corrected chi connectivity index (χ2v) is 6.80. The number of rotatable bonds is 2. The molecule has 0 fully saturated rings. The molecule has 0 bridgehead atoms. The predicted octanol–water partition coefficient (Wildman–Crippen LogP) is 4.71. The fraction of sp³-hybridized carbons (Fsp3) is 0. The van der Waals surface area contributed by atoms with E-state index >= 15 is 0 Å². The zero-order valence-electron chi connectivity index (χ0n) is 12.5. The summed E-state index contributed by atoms with van der Waals surface area (Å²) in [5.41, 5.74) is 2.79. The van der Waals surface area contributed by atoms with Crippen LogP contribution in [0.1, 0.15) is 10.5 Å². The molecule has 4 aromatic rings. The normalized spacial score (nSPS) is 10.6. The Balaban J connectivity index is 0.00000182. The summed E-state index contributed by atoms with van der Waals surface area (Å²) in [5, 5.41) is 12.5. The molecule has 25 heavy (non-hydrogen) atoms. The number of aromatic carboxylic acids is 1. The van der Waals surface area contributed by atoms with Crippen LogP contribution in [0, 0.1) is 3.57 Å². The van der Waals surface area contributed by atoms with E-state index in [-0.39, 0.29) is 24.6 Å². The second kappa shape index (κ2) is 7.17.